The van der Waals surface area contributed by atoms with Crippen LogP contribution in [0.1, 0.15) is 63.0 Å². The van der Waals surface area contributed by atoms with Crippen LogP contribution in [0.2, 0.25) is 10.0 Å². The van der Waals surface area contributed by atoms with Crippen LogP contribution in [0.5, 0.6) is 0 Å². The van der Waals surface area contributed by atoms with Crippen LogP contribution in [0.25, 0.3) is 22.0 Å². The van der Waals surface area contributed by atoms with E-state index in [4.69, 9.17) is 23.2 Å². The number of aliphatic hydroxyl groups is 1. The number of benzene rings is 2. The Bertz CT molecular complexity index is 1220. The highest BCUT2D eigenvalue weighted by molar-refractivity contribution is 6.43. The second-order valence-electron chi connectivity index (χ2n) is 8.39. The molecule has 0 bridgehead atoms. The molecule has 33 heavy (non-hydrogen) atoms. The second kappa shape index (κ2) is 10.7. The number of nitrogens with zero attached hydrogens (tertiary/aromatic N) is 2. The molecule has 1 aromatic heterocycles. The number of nitriles is 1. The van der Waals surface area contributed by atoms with Crippen LogP contribution in [0.15, 0.2) is 24.3 Å². The molecule has 2 atom stereocenters. The maximum atomic E-state index is 16.2. The molecule has 0 saturated carbocycles. The highest BCUT2D eigenvalue weighted by atomic mass is 35.5. The van der Waals surface area contributed by atoms with E-state index in [0.29, 0.717) is 33.7 Å². The normalized spacial score (nSPS) is 13.1. The van der Waals surface area contributed by atoms with Gasteiger partial charge in [-0.3, -0.25) is 0 Å². The molecule has 0 aliphatic heterocycles. The summed E-state index contributed by atoms with van der Waals surface area (Å²) in [6.07, 6.45) is 1.64. The number of hydrogen-bond acceptors (Lipinski definition) is 4. The van der Waals surface area contributed by atoms with Crippen LogP contribution in [0.4, 0.5) is 10.1 Å². The Balaban J connectivity index is 2.42. The van der Waals surface area contributed by atoms with Crippen LogP contribution in [0.3, 0.4) is 0 Å². The van der Waals surface area contributed by atoms with Crippen molar-refractivity contribution in [1.29, 1.82) is 5.26 Å². The lowest BCUT2D eigenvalue weighted by atomic mass is 9.92. The van der Waals surface area contributed by atoms with Crippen molar-refractivity contribution in [2.24, 2.45) is 0 Å². The zero-order valence-electron chi connectivity index (χ0n) is 19.3. The number of nitrogens with one attached hydrogen (secondary N) is 1. The molecule has 2 N–H and O–H groups in total. The van der Waals surface area contributed by atoms with Crippen molar-refractivity contribution < 1.29 is 9.50 Å². The quantitative estimate of drug-likeness (QED) is 0.340. The molecule has 0 aliphatic carbocycles. The number of aliphatic hydroxyl groups excluding tert-OH is 1. The third kappa shape index (κ3) is 5.09. The number of rotatable bonds is 8. The third-order valence-corrected chi connectivity index (χ3v) is 6.64. The molecule has 2 unspecified atom stereocenters. The Morgan fingerprint density at radius 2 is 2.00 bits per heavy atom. The summed E-state index contributed by atoms with van der Waals surface area (Å²) in [6.45, 7) is 7.68. The lowest BCUT2D eigenvalue weighted by Crippen LogP contribution is -2.17. The molecule has 174 valence electrons. The lowest BCUT2D eigenvalue weighted by Gasteiger charge is -2.23. The van der Waals surface area contributed by atoms with E-state index in [2.05, 4.69) is 30.2 Å². The molecule has 4 nitrogen and oxygen atoms in total. The van der Waals surface area contributed by atoms with Crippen LogP contribution in [-0.2, 0) is 6.42 Å². The van der Waals surface area contributed by atoms with Crippen molar-refractivity contribution in [3.8, 4) is 17.2 Å². The fourth-order valence-electron chi connectivity index (χ4n) is 4.25. The molecule has 0 aliphatic rings. The highest BCUT2D eigenvalue weighted by Crippen LogP contribution is 2.42. The summed E-state index contributed by atoms with van der Waals surface area (Å²) in [6, 6.07) is 9.24. The minimum atomic E-state index is -0.868. The molecule has 0 saturated heterocycles. The van der Waals surface area contributed by atoms with Gasteiger partial charge < -0.3 is 10.4 Å². The van der Waals surface area contributed by atoms with Gasteiger partial charge in [0.15, 0.2) is 5.82 Å². The number of anilines is 1. The molecule has 0 fully saturated rings. The Morgan fingerprint density at radius 3 is 2.64 bits per heavy atom. The number of pyridine rings is 1. The summed E-state index contributed by atoms with van der Waals surface area (Å²) in [4.78, 5) is 4.54. The van der Waals surface area contributed by atoms with Gasteiger partial charge >= 0.3 is 0 Å². The molecule has 0 spiro atoms. The lowest BCUT2D eigenvalue weighted by molar-refractivity contribution is 0.194. The van der Waals surface area contributed by atoms with Crippen molar-refractivity contribution in [3.63, 3.8) is 0 Å². The molecule has 7 heteroatoms. The minimum Gasteiger partial charge on any atom is -0.387 e. The van der Waals surface area contributed by atoms with Crippen molar-refractivity contribution in [2.75, 3.05) is 5.32 Å². The first-order valence-corrected chi connectivity index (χ1v) is 11.9. The standard InChI is InChI=1S/C26H28Cl2FN3O/c1-5-8-14(2)31-25-15(3)24(16(4)33)32-26-19(25)13-17(9-7-12-30)21(23(26)29)18-10-6-11-20(27)22(18)28/h6,10-11,13-14,16,33H,5,7-9H2,1-4H3,(H,31,32). The molecule has 2 aromatic carbocycles. The largest absolute Gasteiger partial charge is 0.387 e. The van der Waals surface area contributed by atoms with Gasteiger partial charge in [0.05, 0.1) is 27.9 Å². The maximum absolute atomic E-state index is 16.2. The van der Waals surface area contributed by atoms with Crippen LogP contribution in [0, 0.1) is 24.1 Å². The van der Waals surface area contributed by atoms with E-state index < -0.39 is 11.9 Å². The Labute approximate surface area is 204 Å². The van der Waals surface area contributed by atoms with Gasteiger partial charge in [-0.25, -0.2) is 9.37 Å². The molecule has 1 heterocycles. The SMILES string of the molecule is CCCC(C)Nc1c(C)c(C(C)O)nc2c(F)c(-c3cccc(Cl)c3Cl)c(CCC#N)cc12. The van der Waals surface area contributed by atoms with Gasteiger partial charge in [0.2, 0.25) is 0 Å². The number of aromatic nitrogens is 1. The monoisotopic (exact) mass is 487 g/mol. The van der Waals surface area contributed by atoms with Crippen LogP contribution >= 0.6 is 23.2 Å². The third-order valence-electron chi connectivity index (χ3n) is 5.82. The summed E-state index contributed by atoms with van der Waals surface area (Å²) in [5, 5.41) is 24.3. The van der Waals surface area contributed by atoms with E-state index >= 15 is 4.39 Å². The average Bonchev–Trinajstić information content (AvgIpc) is 2.76. The zero-order valence-corrected chi connectivity index (χ0v) is 20.8. The van der Waals surface area contributed by atoms with Crippen molar-refractivity contribution >= 4 is 39.8 Å². The fraction of sp³-hybridized carbons (Fsp3) is 0.385. The van der Waals surface area contributed by atoms with Gasteiger partial charge in [0.1, 0.15) is 5.52 Å². The van der Waals surface area contributed by atoms with Crippen molar-refractivity contribution in [2.45, 2.75) is 65.5 Å². The van der Waals surface area contributed by atoms with Gasteiger partial charge in [0, 0.05) is 34.7 Å². The predicted molar refractivity (Wildman–Crippen MR) is 134 cm³/mol. The summed E-state index contributed by atoms with van der Waals surface area (Å²) in [5.41, 5.74) is 3.48. The van der Waals surface area contributed by atoms with Gasteiger partial charge in [0.25, 0.3) is 0 Å². The zero-order chi connectivity index (χ0) is 24.3. The van der Waals surface area contributed by atoms with Gasteiger partial charge in [-0.1, -0.05) is 48.7 Å². The number of fused-ring (bicyclic) bond motifs is 1. The molecule has 0 amide bonds. The summed E-state index contributed by atoms with van der Waals surface area (Å²) >= 11 is 12.7. The molecule has 3 aromatic rings. The first-order chi connectivity index (χ1) is 15.7. The fourth-order valence-corrected chi connectivity index (χ4v) is 4.64. The molecule has 0 radical (unpaired) electrons. The molecular weight excluding hydrogens is 460 g/mol. The molecule has 3 rings (SSSR count). The van der Waals surface area contributed by atoms with Gasteiger partial charge in [-0.05, 0) is 56.9 Å². The number of aryl methyl sites for hydroxylation is 1. The first kappa shape index (κ1) is 25.2. The average molecular weight is 488 g/mol. The summed E-state index contributed by atoms with van der Waals surface area (Å²) < 4.78 is 16.2. The van der Waals surface area contributed by atoms with Gasteiger partial charge in [-0.2, -0.15) is 5.26 Å². The van der Waals surface area contributed by atoms with E-state index in [1.54, 1.807) is 25.1 Å². The summed E-state index contributed by atoms with van der Waals surface area (Å²) in [5.74, 6) is -0.544. The Hall–Kier alpha value is -2.39. The smallest absolute Gasteiger partial charge is 0.157 e. The topological polar surface area (TPSA) is 68.9 Å². The van der Waals surface area contributed by atoms with Crippen molar-refractivity contribution in [3.05, 3.63) is 56.9 Å². The van der Waals surface area contributed by atoms with E-state index in [-0.39, 0.29) is 28.6 Å². The van der Waals surface area contributed by atoms with Gasteiger partial charge in [-0.15, -0.1) is 0 Å². The minimum absolute atomic E-state index is 0.147. The van der Waals surface area contributed by atoms with E-state index in [1.165, 1.54) is 0 Å². The van der Waals surface area contributed by atoms with Crippen LogP contribution < -0.4 is 5.32 Å². The Morgan fingerprint density at radius 1 is 1.27 bits per heavy atom. The Kier molecular flexibility index (Phi) is 8.18. The number of halogens is 3. The maximum Gasteiger partial charge on any atom is 0.157 e. The highest BCUT2D eigenvalue weighted by Gasteiger charge is 2.24. The van der Waals surface area contributed by atoms with E-state index in [9.17, 15) is 10.4 Å². The first-order valence-electron chi connectivity index (χ1n) is 11.1. The number of hydrogen-bond donors (Lipinski definition) is 2. The second-order valence-corrected chi connectivity index (χ2v) is 9.17. The van der Waals surface area contributed by atoms with Crippen molar-refractivity contribution in [1.82, 2.24) is 4.98 Å². The predicted octanol–water partition coefficient (Wildman–Crippen LogP) is 7.77. The summed E-state index contributed by atoms with van der Waals surface area (Å²) in [7, 11) is 0. The van der Waals surface area contributed by atoms with Crippen LogP contribution in [-0.4, -0.2) is 16.1 Å². The molecular formula is C26H28Cl2FN3O. The van der Waals surface area contributed by atoms with E-state index in [0.717, 1.165) is 24.1 Å². The van der Waals surface area contributed by atoms with E-state index in [1.807, 2.05) is 13.0 Å².